The van der Waals surface area contributed by atoms with Crippen LogP contribution < -0.4 is 5.32 Å². The molecule has 0 aromatic heterocycles. The van der Waals surface area contributed by atoms with E-state index in [9.17, 15) is 4.79 Å². The van der Waals surface area contributed by atoms with Crippen molar-refractivity contribution in [3.63, 3.8) is 0 Å². The first-order valence-electron chi connectivity index (χ1n) is 5.09. The van der Waals surface area contributed by atoms with Crippen LogP contribution in [0.1, 0.15) is 24.7 Å². The minimum atomic E-state index is -0.00528. The second kappa shape index (κ2) is 5.31. The summed E-state index contributed by atoms with van der Waals surface area (Å²) in [5, 5.41) is 4.92. The van der Waals surface area contributed by atoms with Gasteiger partial charge in [0, 0.05) is 12.1 Å². The summed E-state index contributed by atoms with van der Waals surface area (Å²) in [7, 11) is 0. The number of rotatable bonds is 2. The van der Waals surface area contributed by atoms with Gasteiger partial charge in [-0.25, -0.2) is 0 Å². The number of fused-ring (bicyclic) bond motifs is 1. The van der Waals surface area contributed by atoms with Crippen LogP contribution >= 0.6 is 0 Å². The Labute approximate surface area is 96.3 Å². The highest BCUT2D eigenvalue weighted by atomic mass is 16.1. The molecular formula is C14H17NO. The predicted octanol–water partition coefficient (Wildman–Crippen LogP) is 3.23. The maximum atomic E-state index is 11.7. The highest BCUT2D eigenvalue weighted by Crippen LogP contribution is 2.18. The van der Waals surface area contributed by atoms with Gasteiger partial charge in [0.25, 0.3) is 5.91 Å². The first kappa shape index (κ1) is 12.2. The Morgan fingerprint density at radius 1 is 1.12 bits per heavy atom. The topological polar surface area (TPSA) is 29.1 Å². The molecule has 0 unspecified atom stereocenters. The molecular weight excluding hydrogens is 198 g/mol. The molecule has 84 valence electrons. The molecule has 0 spiro atoms. The number of benzene rings is 2. The molecule has 2 nitrogen and oxygen atoms in total. The third kappa shape index (κ3) is 2.22. The minimum absolute atomic E-state index is 0. The molecule has 0 fully saturated rings. The molecule has 0 heterocycles. The summed E-state index contributed by atoms with van der Waals surface area (Å²) in [5.74, 6) is -0.00528. The molecule has 2 aromatic carbocycles. The predicted molar refractivity (Wildman–Crippen MR) is 68.7 cm³/mol. The summed E-state index contributed by atoms with van der Waals surface area (Å²) >= 11 is 0. The van der Waals surface area contributed by atoms with Crippen molar-refractivity contribution in [1.82, 2.24) is 5.32 Å². The summed E-state index contributed by atoms with van der Waals surface area (Å²) < 4.78 is 0. The van der Waals surface area contributed by atoms with Crippen molar-refractivity contribution in [2.45, 2.75) is 14.4 Å². The molecule has 16 heavy (non-hydrogen) atoms. The molecule has 2 heteroatoms. The van der Waals surface area contributed by atoms with Crippen LogP contribution in [0.2, 0.25) is 0 Å². The van der Waals surface area contributed by atoms with E-state index in [1.165, 1.54) is 0 Å². The van der Waals surface area contributed by atoms with Crippen LogP contribution in [0.3, 0.4) is 0 Å². The summed E-state index contributed by atoms with van der Waals surface area (Å²) in [5.41, 5.74) is 0.745. The molecule has 0 aliphatic rings. The van der Waals surface area contributed by atoms with Crippen molar-refractivity contribution in [2.75, 3.05) is 6.54 Å². The molecule has 2 rings (SSSR count). The van der Waals surface area contributed by atoms with Crippen LogP contribution in [-0.4, -0.2) is 12.5 Å². The summed E-state index contributed by atoms with van der Waals surface area (Å²) in [4.78, 5) is 11.7. The number of nitrogens with one attached hydrogen (secondary N) is 1. The molecule has 0 radical (unpaired) electrons. The molecule has 0 saturated heterocycles. The van der Waals surface area contributed by atoms with Crippen LogP contribution in [0.25, 0.3) is 10.8 Å². The summed E-state index contributed by atoms with van der Waals surface area (Å²) in [6.45, 7) is 2.57. The third-order valence-corrected chi connectivity index (χ3v) is 2.37. The van der Waals surface area contributed by atoms with E-state index in [0.717, 1.165) is 16.3 Å². The number of carbonyl (C=O) groups excluding carboxylic acids is 1. The van der Waals surface area contributed by atoms with E-state index in [0.29, 0.717) is 6.54 Å². The van der Waals surface area contributed by atoms with Crippen LogP contribution in [0, 0.1) is 0 Å². The molecule has 1 amide bonds. The quantitative estimate of drug-likeness (QED) is 0.818. The fourth-order valence-electron chi connectivity index (χ4n) is 1.68. The zero-order valence-corrected chi connectivity index (χ0v) is 8.66. The van der Waals surface area contributed by atoms with Crippen molar-refractivity contribution in [2.24, 2.45) is 0 Å². The minimum Gasteiger partial charge on any atom is -0.352 e. The van der Waals surface area contributed by atoms with Crippen molar-refractivity contribution in [3.8, 4) is 0 Å². The average Bonchev–Trinajstić information content (AvgIpc) is 2.28. The Kier molecular flexibility index (Phi) is 4.06. The fraction of sp³-hybridized carbons (Fsp3) is 0.214. The van der Waals surface area contributed by atoms with Gasteiger partial charge in [-0.3, -0.25) is 4.79 Å². The van der Waals surface area contributed by atoms with E-state index in [2.05, 4.69) is 5.32 Å². The Hall–Kier alpha value is -1.83. The Balaban J connectivity index is 0.00000128. The average molecular weight is 215 g/mol. The van der Waals surface area contributed by atoms with Crippen molar-refractivity contribution in [1.29, 1.82) is 0 Å². The fourth-order valence-corrected chi connectivity index (χ4v) is 1.68. The molecule has 0 saturated carbocycles. The van der Waals surface area contributed by atoms with Gasteiger partial charge in [0.2, 0.25) is 0 Å². The SMILES string of the molecule is C.CCNC(=O)c1cccc2ccccc12. The molecule has 2 aromatic rings. The normalized spacial score (nSPS) is 9.56. The van der Waals surface area contributed by atoms with E-state index >= 15 is 0 Å². The number of hydrogen-bond acceptors (Lipinski definition) is 1. The molecule has 0 aliphatic heterocycles. The number of carbonyl (C=O) groups is 1. The lowest BCUT2D eigenvalue weighted by atomic mass is 10.0. The highest BCUT2D eigenvalue weighted by Gasteiger charge is 2.07. The molecule has 1 N–H and O–H groups in total. The molecule has 0 atom stereocenters. The van der Waals surface area contributed by atoms with Crippen molar-refractivity contribution >= 4 is 16.7 Å². The van der Waals surface area contributed by atoms with Crippen LogP contribution in [-0.2, 0) is 0 Å². The van der Waals surface area contributed by atoms with Gasteiger partial charge in [-0.1, -0.05) is 43.8 Å². The van der Waals surface area contributed by atoms with E-state index in [4.69, 9.17) is 0 Å². The lowest BCUT2D eigenvalue weighted by Crippen LogP contribution is -2.22. The number of amides is 1. The Morgan fingerprint density at radius 3 is 2.56 bits per heavy atom. The smallest absolute Gasteiger partial charge is 0.251 e. The zero-order valence-electron chi connectivity index (χ0n) is 8.66. The largest absolute Gasteiger partial charge is 0.352 e. The van der Waals surface area contributed by atoms with Gasteiger partial charge in [-0.05, 0) is 23.8 Å². The van der Waals surface area contributed by atoms with Gasteiger partial charge in [0.1, 0.15) is 0 Å². The maximum Gasteiger partial charge on any atom is 0.251 e. The Bertz CT molecular complexity index is 486. The second-order valence-electron chi connectivity index (χ2n) is 3.39. The van der Waals surface area contributed by atoms with Gasteiger partial charge in [0.05, 0.1) is 0 Å². The maximum absolute atomic E-state index is 11.7. The van der Waals surface area contributed by atoms with Gasteiger partial charge >= 0.3 is 0 Å². The van der Waals surface area contributed by atoms with E-state index in [1.807, 2.05) is 49.4 Å². The Morgan fingerprint density at radius 2 is 1.81 bits per heavy atom. The first-order valence-corrected chi connectivity index (χ1v) is 5.09. The van der Waals surface area contributed by atoms with E-state index < -0.39 is 0 Å². The monoisotopic (exact) mass is 215 g/mol. The third-order valence-electron chi connectivity index (χ3n) is 2.37. The van der Waals surface area contributed by atoms with Crippen LogP contribution in [0.4, 0.5) is 0 Å². The highest BCUT2D eigenvalue weighted by molar-refractivity contribution is 6.06. The summed E-state index contributed by atoms with van der Waals surface area (Å²) in [6, 6.07) is 13.7. The van der Waals surface area contributed by atoms with E-state index in [1.54, 1.807) is 0 Å². The van der Waals surface area contributed by atoms with Gasteiger partial charge in [-0.2, -0.15) is 0 Å². The first-order chi connectivity index (χ1) is 7.33. The van der Waals surface area contributed by atoms with Crippen LogP contribution in [0.5, 0.6) is 0 Å². The lowest BCUT2D eigenvalue weighted by Gasteiger charge is -2.05. The zero-order chi connectivity index (χ0) is 10.7. The van der Waals surface area contributed by atoms with E-state index in [-0.39, 0.29) is 13.3 Å². The van der Waals surface area contributed by atoms with Crippen molar-refractivity contribution < 1.29 is 4.79 Å². The second-order valence-corrected chi connectivity index (χ2v) is 3.39. The molecule has 0 aliphatic carbocycles. The van der Waals surface area contributed by atoms with Gasteiger partial charge in [-0.15, -0.1) is 0 Å². The number of hydrogen-bond donors (Lipinski definition) is 1. The lowest BCUT2D eigenvalue weighted by molar-refractivity contribution is 0.0957. The van der Waals surface area contributed by atoms with Gasteiger partial charge < -0.3 is 5.32 Å². The van der Waals surface area contributed by atoms with Crippen LogP contribution in [0.15, 0.2) is 42.5 Å². The summed E-state index contributed by atoms with van der Waals surface area (Å²) in [6.07, 6.45) is 0. The van der Waals surface area contributed by atoms with Crippen molar-refractivity contribution in [3.05, 3.63) is 48.0 Å². The molecule has 0 bridgehead atoms. The standard InChI is InChI=1S/C13H13NO.CH4/c1-2-14-13(15)12-9-5-7-10-6-3-4-8-11(10)12;/h3-9H,2H2,1H3,(H,14,15);1H4. The van der Waals surface area contributed by atoms with Gasteiger partial charge in [0.15, 0.2) is 0 Å².